The summed E-state index contributed by atoms with van der Waals surface area (Å²) in [5.74, 6) is -8.01. The molecule has 0 aliphatic heterocycles. The van der Waals surface area contributed by atoms with E-state index in [2.05, 4.69) is 6.58 Å². The summed E-state index contributed by atoms with van der Waals surface area (Å²) < 4.78 is 29.3. The lowest BCUT2D eigenvalue weighted by atomic mass is 9.72. The second-order valence-corrected chi connectivity index (χ2v) is 14.1. The zero-order valence-electron chi connectivity index (χ0n) is 30.3. The van der Waals surface area contributed by atoms with Crippen LogP contribution in [0.5, 0.6) is 0 Å². The Hall–Kier alpha value is -4.32. The van der Waals surface area contributed by atoms with Crippen molar-refractivity contribution in [2.24, 2.45) is 29.1 Å². The van der Waals surface area contributed by atoms with Crippen LogP contribution >= 0.6 is 0 Å². The van der Waals surface area contributed by atoms with Gasteiger partial charge in [-0.15, -0.1) is 0 Å². The van der Waals surface area contributed by atoms with Crippen LogP contribution in [0.3, 0.4) is 0 Å². The van der Waals surface area contributed by atoms with Crippen LogP contribution in [0.1, 0.15) is 85.5 Å². The van der Waals surface area contributed by atoms with Gasteiger partial charge in [0.15, 0.2) is 11.9 Å². The van der Waals surface area contributed by atoms with Crippen LogP contribution in [-0.4, -0.2) is 76.9 Å². The van der Waals surface area contributed by atoms with Gasteiger partial charge < -0.3 is 28.8 Å². The molecule has 0 bridgehead atoms. The van der Waals surface area contributed by atoms with Crippen LogP contribution in [0.2, 0.25) is 0 Å². The molecule has 1 saturated carbocycles. The van der Waals surface area contributed by atoms with E-state index in [1.165, 1.54) is 6.92 Å². The van der Waals surface area contributed by atoms with E-state index in [4.69, 9.17) is 23.7 Å². The molecule has 1 N–H and O–H groups in total. The van der Waals surface area contributed by atoms with Gasteiger partial charge in [-0.3, -0.25) is 24.0 Å². The van der Waals surface area contributed by atoms with Gasteiger partial charge in [0, 0.05) is 37.7 Å². The maximum atomic E-state index is 14.4. The molecule has 3 rings (SSSR count). The first-order valence-corrected chi connectivity index (χ1v) is 16.9. The third-order valence-corrected chi connectivity index (χ3v) is 9.54. The summed E-state index contributed by atoms with van der Waals surface area (Å²) >= 11 is 0. The first kappa shape index (κ1) is 40.1. The van der Waals surface area contributed by atoms with Crippen molar-refractivity contribution in [1.29, 1.82) is 0 Å². The van der Waals surface area contributed by atoms with Crippen LogP contribution in [0.15, 0.2) is 54.6 Å². The summed E-state index contributed by atoms with van der Waals surface area (Å²) in [4.78, 5) is 79.2. The average molecular weight is 699 g/mol. The van der Waals surface area contributed by atoms with Crippen molar-refractivity contribution < 1.29 is 57.6 Å². The van der Waals surface area contributed by atoms with E-state index in [1.54, 1.807) is 84.0 Å². The van der Waals surface area contributed by atoms with Crippen molar-refractivity contribution in [3.8, 4) is 0 Å². The number of benzene rings is 1. The Balaban J connectivity index is 2.42. The highest BCUT2D eigenvalue weighted by Gasteiger charge is 2.64. The smallest absolute Gasteiger partial charge is 0.338 e. The van der Waals surface area contributed by atoms with Crippen molar-refractivity contribution in [3.05, 3.63) is 60.2 Å². The minimum atomic E-state index is -2.08. The second-order valence-electron chi connectivity index (χ2n) is 14.1. The van der Waals surface area contributed by atoms with Crippen molar-refractivity contribution >= 4 is 35.6 Å². The largest absolute Gasteiger partial charge is 0.462 e. The summed E-state index contributed by atoms with van der Waals surface area (Å²) in [6, 6.07) is 8.14. The Bertz CT molecular complexity index is 1500. The summed E-state index contributed by atoms with van der Waals surface area (Å²) in [5, 5.41) is 13.0. The lowest BCUT2D eigenvalue weighted by Gasteiger charge is -2.45. The SMILES string of the molecule is C=C1[C@@H](OC(=O)C(C)CC)[C@@H](OC(C)=O)C(=O)C(C)(C)/C=C/[C@H](C)[C@H](OC(=O)c2ccccc2)[C@@]2(O)C[C@H](C)[C@H](OC(C)=O)[C@@H]2[C@H]1OC(C)=O. The Labute approximate surface area is 293 Å². The number of rotatable bonds is 8. The molecular weight excluding hydrogens is 648 g/mol. The Kier molecular flexibility index (Phi) is 12.9. The van der Waals surface area contributed by atoms with Crippen LogP contribution in [0.4, 0.5) is 0 Å². The molecule has 0 radical (unpaired) electrons. The number of aliphatic hydroxyl groups is 1. The number of carbonyl (C=O) groups excluding carboxylic acids is 6. The summed E-state index contributed by atoms with van der Waals surface area (Å²) in [5.41, 5.74) is -3.47. The molecule has 1 fully saturated rings. The number of esters is 5. The predicted octanol–water partition coefficient (Wildman–Crippen LogP) is 4.71. The quantitative estimate of drug-likeness (QED) is 0.226. The molecule has 10 atom stereocenters. The van der Waals surface area contributed by atoms with E-state index < -0.39 is 101 Å². The van der Waals surface area contributed by atoms with Gasteiger partial charge in [-0.05, 0) is 44.7 Å². The highest BCUT2D eigenvalue weighted by atomic mass is 16.6. The monoisotopic (exact) mass is 698 g/mol. The third kappa shape index (κ3) is 8.88. The second kappa shape index (κ2) is 16.1. The molecule has 1 unspecified atom stereocenters. The molecule has 0 spiro atoms. The first-order valence-electron chi connectivity index (χ1n) is 16.9. The number of carbonyl (C=O) groups is 6. The maximum Gasteiger partial charge on any atom is 0.338 e. The Morgan fingerprint density at radius 1 is 0.880 bits per heavy atom. The van der Waals surface area contributed by atoms with E-state index in [-0.39, 0.29) is 17.6 Å². The number of Topliss-reactive ketones (excluding diaryl/α,β-unsaturated/α-hetero) is 1. The fourth-order valence-corrected chi connectivity index (χ4v) is 6.78. The van der Waals surface area contributed by atoms with Crippen LogP contribution in [-0.2, 0) is 47.7 Å². The predicted molar refractivity (Wildman–Crippen MR) is 180 cm³/mol. The summed E-state index contributed by atoms with van der Waals surface area (Å²) in [6.45, 7) is 17.4. The normalized spacial score (nSPS) is 32.2. The van der Waals surface area contributed by atoms with Gasteiger partial charge in [0.1, 0.15) is 23.9 Å². The molecule has 0 heterocycles. The van der Waals surface area contributed by atoms with Crippen molar-refractivity contribution in [3.63, 3.8) is 0 Å². The summed E-state index contributed by atoms with van der Waals surface area (Å²) in [6.07, 6.45) is -4.20. The molecule has 50 heavy (non-hydrogen) atoms. The highest BCUT2D eigenvalue weighted by molar-refractivity contribution is 5.93. The van der Waals surface area contributed by atoms with E-state index in [9.17, 15) is 33.9 Å². The minimum absolute atomic E-state index is 0.0986. The number of ether oxygens (including phenoxy) is 5. The van der Waals surface area contributed by atoms with Gasteiger partial charge >= 0.3 is 29.8 Å². The maximum absolute atomic E-state index is 14.4. The van der Waals surface area contributed by atoms with E-state index in [0.29, 0.717) is 6.42 Å². The molecule has 0 aromatic heterocycles. The zero-order chi connectivity index (χ0) is 37.7. The van der Waals surface area contributed by atoms with Crippen molar-refractivity contribution in [2.45, 2.75) is 111 Å². The number of hydrogen-bond acceptors (Lipinski definition) is 12. The molecular formula is C38H50O12. The van der Waals surface area contributed by atoms with E-state index >= 15 is 0 Å². The molecule has 1 aromatic rings. The number of ketones is 1. The van der Waals surface area contributed by atoms with Gasteiger partial charge in [0.25, 0.3) is 0 Å². The molecule has 2 aliphatic carbocycles. The highest BCUT2D eigenvalue weighted by Crippen LogP contribution is 2.51. The molecule has 274 valence electrons. The molecule has 2 aliphatic rings. The Morgan fingerprint density at radius 2 is 1.44 bits per heavy atom. The van der Waals surface area contributed by atoms with E-state index in [1.807, 2.05) is 0 Å². The Morgan fingerprint density at radius 3 is 1.98 bits per heavy atom. The van der Waals surface area contributed by atoms with Crippen molar-refractivity contribution in [1.82, 2.24) is 0 Å². The van der Waals surface area contributed by atoms with Crippen LogP contribution in [0.25, 0.3) is 0 Å². The minimum Gasteiger partial charge on any atom is -0.462 e. The fourth-order valence-electron chi connectivity index (χ4n) is 6.78. The molecule has 1 aromatic carbocycles. The first-order chi connectivity index (χ1) is 23.2. The standard InChI is InChI=1S/C38H50O12/c1-11-20(2)35(43)49-31-23(5)30(47-25(7)40)28-29(46-24(6)39)22(4)19-38(28,45)34(50-36(44)27-15-13-12-14-16-27)21(3)17-18-37(9,10)33(42)32(31)48-26(8)41/h12-18,20-22,28-32,34,45H,5,11,19H2,1-4,6-10H3/b18-17+/t20?,21-,22-,28+,29-,30-,31+,32+,34-,38+/m0/s1. The zero-order valence-corrected chi connectivity index (χ0v) is 30.3. The average Bonchev–Trinajstić information content (AvgIpc) is 3.29. The van der Waals surface area contributed by atoms with Gasteiger partial charge in [0.2, 0.25) is 6.10 Å². The van der Waals surface area contributed by atoms with Gasteiger partial charge in [-0.25, -0.2) is 4.79 Å². The third-order valence-electron chi connectivity index (χ3n) is 9.54. The molecule has 0 saturated heterocycles. The lowest BCUT2D eigenvalue weighted by Crippen LogP contribution is -2.59. The van der Waals surface area contributed by atoms with Gasteiger partial charge in [0.05, 0.1) is 17.4 Å². The van der Waals surface area contributed by atoms with E-state index in [0.717, 1.165) is 13.8 Å². The summed E-state index contributed by atoms with van der Waals surface area (Å²) in [7, 11) is 0. The van der Waals surface area contributed by atoms with Crippen LogP contribution in [0, 0.1) is 29.1 Å². The fraction of sp³-hybridized carbons (Fsp3) is 0.579. The van der Waals surface area contributed by atoms with Gasteiger partial charge in [-0.2, -0.15) is 0 Å². The molecule has 12 heteroatoms. The van der Waals surface area contributed by atoms with Gasteiger partial charge in [-0.1, -0.05) is 64.6 Å². The lowest BCUT2D eigenvalue weighted by molar-refractivity contribution is -0.185. The topological polar surface area (TPSA) is 169 Å². The number of allylic oxidation sites excluding steroid dienone is 1. The molecule has 12 nitrogen and oxygen atoms in total. The van der Waals surface area contributed by atoms with Crippen LogP contribution < -0.4 is 0 Å². The van der Waals surface area contributed by atoms with Crippen molar-refractivity contribution in [2.75, 3.05) is 0 Å². The number of fused-ring (bicyclic) bond motifs is 1. The molecule has 0 amide bonds. The number of hydrogen-bond donors (Lipinski definition) is 1.